The smallest absolute Gasteiger partial charge is 0.203 e. The summed E-state index contributed by atoms with van der Waals surface area (Å²) in [6.45, 7) is 6.01. The molecule has 0 saturated heterocycles. The summed E-state index contributed by atoms with van der Waals surface area (Å²) in [7, 11) is 4.85. The van der Waals surface area contributed by atoms with Crippen LogP contribution < -0.4 is 19.5 Å². The fourth-order valence-corrected chi connectivity index (χ4v) is 1.84. The van der Waals surface area contributed by atoms with Crippen LogP contribution in [0.3, 0.4) is 0 Å². The highest BCUT2D eigenvalue weighted by Gasteiger charge is 2.12. The Bertz CT molecular complexity index is 416. The van der Waals surface area contributed by atoms with Crippen molar-refractivity contribution in [3.05, 3.63) is 23.3 Å². The van der Waals surface area contributed by atoms with Gasteiger partial charge in [-0.2, -0.15) is 0 Å². The van der Waals surface area contributed by atoms with Crippen molar-refractivity contribution in [1.29, 1.82) is 0 Å². The average molecular weight is 265 g/mol. The van der Waals surface area contributed by atoms with Crippen LogP contribution in [0, 0.1) is 0 Å². The van der Waals surface area contributed by atoms with Gasteiger partial charge in [-0.3, -0.25) is 0 Å². The Morgan fingerprint density at radius 2 is 1.68 bits per heavy atom. The van der Waals surface area contributed by atoms with Crippen LogP contribution in [0.25, 0.3) is 6.08 Å². The third kappa shape index (κ3) is 4.17. The van der Waals surface area contributed by atoms with E-state index in [0.29, 0.717) is 17.2 Å². The van der Waals surface area contributed by atoms with Gasteiger partial charge in [-0.05, 0) is 31.2 Å². The molecule has 0 radical (unpaired) electrons. The van der Waals surface area contributed by atoms with E-state index in [2.05, 4.69) is 25.2 Å². The lowest BCUT2D eigenvalue weighted by atomic mass is 10.1. The number of nitrogens with one attached hydrogen (secondary N) is 1. The van der Waals surface area contributed by atoms with Crippen molar-refractivity contribution < 1.29 is 14.2 Å². The minimum absolute atomic E-state index is 0.617. The van der Waals surface area contributed by atoms with Gasteiger partial charge in [0.05, 0.1) is 21.3 Å². The summed E-state index contributed by atoms with van der Waals surface area (Å²) in [5.74, 6) is 1.96. The van der Waals surface area contributed by atoms with E-state index in [1.54, 1.807) is 21.3 Å². The van der Waals surface area contributed by atoms with Crippen molar-refractivity contribution >= 4 is 6.08 Å². The lowest BCUT2D eigenvalue weighted by Gasteiger charge is -2.13. The topological polar surface area (TPSA) is 39.7 Å². The molecule has 0 saturated carbocycles. The van der Waals surface area contributed by atoms with Gasteiger partial charge in [-0.1, -0.05) is 18.6 Å². The number of ether oxygens (including phenoxy) is 3. The summed E-state index contributed by atoms with van der Waals surface area (Å²) >= 11 is 0. The Kier molecular flexibility index (Phi) is 6.22. The first kappa shape index (κ1) is 15.4. The average Bonchev–Trinajstić information content (AvgIpc) is 2.43. The summed E-state index contributed by atoms with van der Waals surface area (Å²) < 4.78 is 16.0. The molecule has 106 valence electrons. The third-order valence-corrected chi connectivity index (χ3v) is 2.75. The predicted octanol–water partition coefficient (Wildman–Crippen LogP) is 2.73. The largest absolute Gasteiger partial charge is 0.493 e. The van der Waals surface area contributed by atoms with Crippen LogP contribution in [0.4, 0.5) is 0 Å². The van der Waals surface area contributed by atoms with E-state index in [4.69, 9.17) is 14.2 Å². The predicted molar refractivity (Wildman–Crippen MR) is 78.3 cm³/mol. The molecule has 1 aromatic carbocycles. The first-order chi connectivity index (χ1) is 9.15. The molecule has 1 N–H and O–H groups in total. The van der Waals surface area contributed by atoms with Crippen LogP contribution in [-0.4, -0.2) is 34.4 Å². The van der Waals surface area contributed by atoms with Crippen molar-refractivity contribution in [2.45, 2.75) is 13.8 Å². The van der Waals surface area contributed by atoms with Gasteiger partial charge in [0.2, 0.25) is 5.75 Å². The monoisotopic (exact) mass is 265 g/mol. The highest BCUT2D eigenvalue weighted by Crippen LogP contribution is 2.38. The Labute approximate surface area is 115 Å². The van der Waals surface area contributed by atoms with E-state index >= 15 is 0 Å². The number of methoxy groups -OCH3 is 3. The van der Waals surface area contributed by atoms with Crippen molar-refractivity contribution in [2.75, 3.05) is 34.4 Å². The Morgan fingerprint density at radius 3 is 2.11 bits per heavy atom. The fraction of sp³-hybridized carbons (Fsp3) is 0.467. The highest BCUT2D eigenvalue weighted by atomic mass is 16.5. The standard InChI is InChI=1S/C15H23NO3/c1-6-16-10-11(2)7-12-8-13(17-3)15(19-5)14(9-12)18-4/h7-9,16H,6,10H2,1-5H3. The molecule has 4 heteroatoms. The Hall–Kier alpha value is -1.68. The van der Waals surface area contributed by atoms with E-state index < -0.39 is 0 Å². The van der Waals surface area contributed by atoms with Gasteiger partial charge in [0.15, 0.2) is 11.5 Å². The normalized spacial score (nSPS) is 11.3. The molecule has 0 fully saturated rings. The number of rotatable bonds is 7. The molecule has 4 nitrogen and oxygen atoms in total. The first-order valence-electron chi connectivity index (χ1n) is 6.34. The molecule has 0 heterocycles. The van der Waals surface area contributed by atoms with Crippen LogP contribution >= 0.6 is 0 Å². The molecule has 1 aromatic rings. The first-order valence-corrected chi connectivity index (χ1v) is 6.34. The molecule has 0 aliphatic heterocycles. The molecule has 0 bridgehead atoms. The second kappa shape index (κ2) is 7.69. The Morgan fingerprint density at radius 1 is 1.11 bits per heavy atom. The van der Waals surface area contributed by atoms with Gasteiger partial charge in [0.1, 0.15) is 0 Å². The van der Waals surface area contributed by atoms with E-state index in [9.17, 15) is 0 Å². The van der Waals surface area contributed by atoms with Crippen LogP contribution in [0.5, 0.6) is 17.2 Å². The van der Waals surface area contributed by atoms with Crippen LogP contribution in [0.15, 0.2) is 17.7 Å². The molecule has 1 rings (SSSR count). The van der Waals surface area contributed by atoms with Crippen LogP contribution in [0.1, 0.15) is 19.4 Å². The van der Waals surface area contributed by atoms with Crippen molar-refractivity contribution in [2.24, 2.45) is 0 Å². The second-order valence-electron chi connectivity index (χ2n) is 4.23. The summed E-state index contributed by atoms with van der Waals surface area (Å²) in [6.07, 6.45) is 2.10. The zero-order chi connectivity index (χ0) is 14.3. The van der Waals surface area contributed by atoms with Crippen molar-refractivity contribution in [3.8, 4) is 17.2 Å². The maximum Gasteiger partial charge on any atom is 0.203 e. The van der Waals surface area contributed by atoms with E-state index in [1.807, 2.05) is 12.1 Å². The number of hydrogen-bond donors (Lipinski definition) is 1. The molecule has 0 spiro atoms. The summed E-state index contributed by atoms with van der Waals surface area (Å²) in [4.78, 5) is 0. The van der Waals surface area contributed by atoms with Gasteiger partial charge in [0.25, 0.3) is 0 Å². The van der Waals surface area contributed by atoms with E-state index in [-0.39, 0.29) is 0 Å². The van der Waals surface area contributed by atoms with E-state index in [1.165, 1.54) is 5.57 Å². The van der Waals surface area contributed by atoms with Crippen LogP contribution in [-0.2, 0) is 0 Å². The SMILES string of the molecule is CCNCC(C)=Cc1cc(OC)c(OC)c(OC)c1. The van der Waals surface area contributed by atoms with Crippen molar-refractivity contribution in [3.63, 3.8) is 0 Å². The molecule has 0 unspecified atom stereocenters. The summed E-state index contributed by atoms with van der Waals surface area (Å²) in [5, 5.41) is 3.29. The lowest BCUT2D eigenvalue weighted by Crippen LogP contribution is -2.14. The highest BCUT2D eigenvalue weighted by molar-refractivity contribution is 5.63. The minimum atomic E-state index is 0.617. The quantitative estimate of drug-likeness (QED) is 0.823. The molecule has 0 amide bonds. The lowest BCUT2D eigenvalue weighted by molar-refractivity contribution is 0.324. The number of benzene rings is 1. The number of hydrogen-bond acceptors (Lipinski definition) is 4. The maximum atomic E-state index is 5.33. The van der Waals surface area contributed by atoms with Gasteiger partial charge in [-0.25, -0.2) is 0 Å². The summed E-state index contributed by atoms with van der Waals surface area (Å²) in [5.41, 5.74) is 2.28. The molecular formula is C15H23NO3. The van der Waals surface area contributed by atoms with Crippen molar-refractivity contribution in [1.82, 2.24) is 5.32 Å². The second-order valence-corrected chi connectivity index (χ2v) is 4.23. The molecule has 19 heavy (non-hydrogen) atoms. The van der Waals surface area contributed by atoms with E-state index in [0.717, 1.165) is 18.7 Å². The molecule has 0 atom stereocenters. The Balaban J connectivity index is 3.09. The zero-order valence-corrected chi connectivity index (χ0v) is 12.4. The fourth-order valence-electron chi connectivity index (χ4n) is 1.84. The van der Waals surface area contributed by atoms with Gasteiger partial charge < -0.3 is 19.5 Å². The zero-order valence-electron chi connectivity index (χ0n) is 12.4. The molecule has 0 aliphatic rings. The molecule has 0 aromatic heterocycles. The minimum Gasteiger partial charge on any atom is -0.493 e. The van der Waals surface area contributed by atoms with Gasteiger partial charge >= 0.3 is 0 Å². The van der Waals surface area contributed by atoms with Gasteiger partial charge in [-0.15, -0.1) is 0 Å². The summed E-state index contributed by atoms with van der Waals surface area (Å²) in [6, 6.07) is 3.88. The number of likely N-dealkylation sites (N-methyl/N-ethyl adjacent to an activating group) is 1. The van der Waals surface area contributed by atoms with Crippen LogP contribution in [0.2, 0.25) is 0 Å². The third-order valence-electron chi connectivity index (χ3n) is 2.75. The molecule has 0 aliphatic carbocycles. The molecular weight excluding hydrogens is 242 g/mol. The maximum absolute atomic E-state index is 5.33. The van der Waals surface area contributed by atoms with Gasteiger partial charge in [0, 0.05) is 6.54 Å².